The molecule has 1 aromatic rings. The first-order chi connectivity index (χ1) is 9.06. The van der Waals surface area contributed by atoms with Gasteiger partial charge in [-0.15, -0.1) is 0 Å². The Kier molecular flexibility index (Phi) is 5.00. The normalized spacial score (nSPS) is 20.4. The molecule has 0 radical (unpaired) electrons. The van der Waals surface area contributed by atoms with Gasteiger partial charge in [0.15, 0.2) is 0 Å². The van der Waals surface area contributed by atoms with E-state index in [4.69, 9.17) is 0 Å². The minimum Gasteiger partial charge on any atom is -0.313 e. The standard InChI is InChI=1S/C17H28N2/c1-13(2)18-11-17-6-5-9-19(17)12-16-10-14(3)7-8-15(16)4/h7-8,10,13,17-18H,5-6,9,11-12H2,1-4H3. The van der Waals surface area contributed by atoms with Gasteiger partial charge >= 0.3 is 0 Å². The van der Waals surface area contributed by atoms with E-state index in [1.165, 1.54) is 36.1 Å². The lowest BCUT2D eigenvalue weighted by Gasteiger charge is -2.26. The fourth-order valence-electron chi connectivity index (χ4n) is 2.90. The zero-order chi connectivity index (χ0) is 13.8. The van der Waals surface area contributed by atoms with Crippen LogP contribution in [-0.2, 0) is 6.54 Å². The highest BCUT2D eigenvalue weighted by atomic mass is 15.2. The first kappa shape index (κ1) is 14.5. The van der Waals surface area contributed by atoms with Crippen LogP contribution < -0.4 is 5.32 Å². The highest BCUT2D eigenvalue weighted by molar-refractivity contribution is 5.30. The van der Waals surface area contributed by atoms with Crippen molar-refractivity contribution in [3.8, 4) is 0 Å². The molecule has 2 heteroatoms. The zero-order valence-electron chi connectivity index (χ0n) is 12.9. The average molecular weight is 260 g/mol. The van der Waals surface area contributed by atoms with Gasteiger partial charge in [0, 0.05) is 25.2 Å². The molecule has 1 aliphatic heterocycles. The topological polar surface area (TPSA) is 15.3 Å². The number of nitrogens with zero attached hydrogens (tertiary/aromatic N) is 1. The Morgan fingerprint density at radius 2 is 2.11 bits per heavy atom. The van der Waals surface area contributed by atoms with Crippen LogP contribution in [0.2, 0.25) is 0 Å². The van der Waals surface area contributed by atoms with Crippen LogP contribution in [0, 0.1) is 13.8 Å². The number of benzene rings is 1. The third-order valence-electron chi connectivity index (χ3n) is 4.14. The predicted molar refractivity (Wildman–Crippen MR) is 82.5 cm³/mol. The second-order valence-electron chi connectivity index (χ2n) is 6.26. The fraction of sp³-hybridized carbons (Fsp3) is 0.647. The van der Waals surface area contributed by atoms with Gasteiger partial charge in [0.25, 0.3) is 0 Å². The van der Waals surface area contributed by atoms with Gasteiger partial charge in [-0.05, 0) is 44.4 Å². The van der Waals surface area contributed by atoms with Crippen molar-refractivity contribution in [2.45, 2.75) is 59.2 Å². The largest absolute Gasteiger partial charge is 0.313 e. The maximum absolute atomic E-state index is 3.59. The second kappa shape index (κ2) is 6.53. The van der Waals surface area contributed by atoms with Gasteiger partial charge in [0.2, 0.25) is 0 Å². The Morgan fingerprint density at radius 1 is 1.32 bits per heavy atom. The molecule has 19 heavy (non-hydrogen) atoms. The Hall–Kier alpha value is -0.860. The maximum Gasteiger partial charge on any atom is 0.0239 e. The van der Waals surface area contributed by atoms with Crippen molar-refractivity contribution >= 4 is 0 Å². The summed E-state index contributed by atoms with van der Waals surface area (Å²) in [4.78, 5) is 2.65. The summed E-state index contributed by atoms with van der Waals surface area (Å²) in [7, 11) is 0. The summed E-state index contributed by atoms with van der Waals surface area (Å²) in [5.41, 5.74) is 4.29. The Morgan fingerprint density at radius 3 is 2.84 bits per heavy atom. The molecule has 1 fully saturated rings. The summed E-state index contributed by atoms with van der Waals surface area (Å²) >= 11 is 0. The second-order valence-corrected chi connectivity index (χ2v) is 6.26. The van der Waals surface area contributed by atoms with E-state index in [0.29, 0.717) is 12.1 Å². The molecular formula is C17H28N2. The summed E-state index contributed by atoms with van der Waals surface area (Å²) in [6.07, 6.45) is 2.68. The monoisotopic (exact) mass is 260 g/mol. The lowest BCUT2D eigenvalue weighted by atomic mass is 10.0. The van der Waals surface area contributed by atoms with E-state index in [-0.39, 0.29) is 0 Å². The van der Waals surface area contributed by atoms with Crippen molar-refractivity contribution in [2.24, 2.45) is 0 Å². The van der Waals surface area contributed by atoms with E-state index in [1.54, 1.807) is 0 Å². The molecular weight excluding hydrogens is 232 g/mol. The summed E-state index contributed by atoms with van der Waals surface area (Å²) in [5.74, 6) is 0. The molecule has 1 atom stereocenters. The Balaban J connectivity index is 1.98. The first-order valence-electron chi connectivity index (χ1n) is 7.60. The molecule has 1 aliphatic rings. The van der Waals surface area contributed by atoms with Crippen LogP contribution in [0.4, 0.5) is 0 Å². The van der Waals surface area contributed by atoms with E-state index < -0.39 is 0 Å². The van der Waals surface area contributed by atoms with Crippen molar-refractivity contribution in [3.63, 3.8) is 0 Å². The van der Waals surface area contributed by atoms with Crippen LogP contribution in [0.5, 0.6) is 0 Å². The maximum atomic E-state index is 3.59. The van der Waals surface area contributed by atoms with Gasteiger partial charge in [-0.25, -0.2) is 0 Å². The molecule has 0 spiro atoms. The smallest absolute Gasteiger partial charge is 0.0239 e. The summed E-state index contributed by atoms with van der Waals surface area (Å²) in [6, 6.07) is 8.11. The zero-order valence-corrected chi connectivity index (χ0v) is 12.9. The number of hydrogen-bond donors (Lipinski definition) is 1. The van der Waals surface area contributed by atoms with Crippen LogP contribution in [0.1, 0.15) is 43.4 Å². The van der Waals surface area contributed by atoms with E-state index in [1.807, 2.05) is 0 Å². The van der Waals surface area contributed by atoms with Gasteiger partial charge in [-0.2, -0.15) is 0 Å². The molecule has 1 N–H and O–H groups in total. The molecule has 0 bridgehead atoms. The molecule has 1 unspecified atom stereocenters. The molecule has 1 aromatic carbocycles. The number of likely N-dealkylation sites (tertiary alicyclic amines) is 1. The van der Waals surface area contributed by atoms with Gasteiger partial charge < -0.3 is 5.32 Å². The van der Waals surface area contributed by atoms with E-state index >= 15 is 0 Å². The summed E-state index contributed by atoms with van der Waals surface area (Å²) < 4.78 is 0. The molecule has 106 valence electrons. The van der Waals surface area contributed by atoms with Gasteiger partial charge in [-0.3, -0.25) is 4.90 Å². The predicted octanol–water partition coefficient (Wildman–Crippen LogP) is 3.27. The van der Waals surface area contributed by atoms with Crippen LogP contribution >= 0.6 is 0 Å². The molecule has 0 aromatic heterocycles. The molecule has 1 heterocycles. The number of hydrogen-bond acceptors (Lipinski definition) is 2. The minimum absolute atomic E-state index is 0.586. The van der Waals surface area contributed by atoms with Crippen molar-refractivity contribution in [1.29, 1.82) is 0 Å². The van der Waals surface area contributed by atoms with E-state index in [9.17, 15) is 0 Å². The van der Waals surface area contributed by atoms with Crippen LogP contribution in [-0.4, -0.2) is 30.1 Å². The molecule has 2 nitrogen and oxygen atoms in total. The SMILES string of the molecule is Cc1ccc(C)c(CN2CCCC2CNC(C)C)c1. The van der Waals surface area contributed by atoms with Crippen LogP contribution in [0.15, 0.2) is 18.2 Å². The van der Waals surface area contributed by atoms with Crippen LogP contribution in [0.25, 0.3) is 0 Å². The summed E-state index contributed by atoms with van der Waals surface area (Å²) in [6.45, 7) is 12.4. The minimum atomic E-state index is 0.586. The number of rotatable bonds is 5. The average Bonchev–Trinajstić information content (AvgIpc) is 2.79. The Labute approximate surface area is 118 Å². The van der Waals surface area contributed by atoms with Gasteiger partial charge in [0.05, 0.1) is 0 Å². The van der Waals surface area contributed by atoms with E-state index in [0.717, 1.165) is 13.1 Å². The third-order valence-corrected chi connectivity index (χ3v) is 4.14. The molecule has 0 amide bonds. The highest BCUT2D eigenvalue weighted by Crippen LogP contribution is 2.21. The van der Waals surface area contributed by atoms with Gasteiger partial charge in [0.1, 0.15) is 0 Å². The summed E-state index contributed by atoms with van der Waals surface area (Å²) in [5, 5.41) is 3.59. The Bertz CT molecular complexity index is 412. The van der Waals surface area contributed by atoms with Crippen LogP contribution in [0.3, 0.4) is 0 Å². The quantitative estimate of drug-likeness (QED) is 0.874. The lowest BCUT2D eigenvalue weighted by Crippen LogP contribution is -2.39. The van der Waals surface area contributed by atoms with Crippen molar-refractivity contribution < 1.29 is 0 Å². The number of nitrogens with one attached hydrogen (secondary N) is 1. The fourth-order valence-corrected chi connectivity index (χ4v) is 2.90. The van der Waals surface area contributed by atoms with E-state index in [2.05, 4.69) is 56.1 Å². The number of aryl methyl sites for hydroxylation is 2. The first-order valence-corrected chi connectivity index (χ1v) is 7.60. The third kappa shape index (κ3) is 4.05. The lowest BCUT2D eigenvalue weighted by molar-refractivity contribution is 0.235. The molecule has 0 saturated carbocycles. The highest BCUT2D eigenvalue weighted by Gasteiger charge is 2.24. The molecule has 0 aliphatic carbocycles. The molecule has 2 rings (SSSR count). The molecule has 1 saturated heterocycles. The van der Waals surface area contributed by atoms with Crippen molar-refractivity contribution in [3.05, 3.63) is 34.9 Å². The van der Waals surface area contributed by atoms with Gasteiger partial charge in [-0.1, -0.05) is 37.6 Å². The van der Waals surface area contributed by atoms with Crippen molar-refractivity contribution in [2.75, 3.05) is 13.1 Å². The van der Waals surface area contributed by atoms with Crippen molar-refractivity contribution in [1.82, 2.24) is 10.2 Å².